The van der Waals surface area contributed by atoms with Crippen LogP contribution in [0.3, 0.4) is 0 Å². The number of methoxy groups -OCH3 is 1. The number of carbonyl (C=O) groups is 2. The summed E-state index contributed by atoms with van der Waals surface area (Å²) in [5.74, 6) is 0.0866. The van der Waals surface area contributed by atoms with E-state index in [4.69, 9.17) is 21.1 Å². The molecule has 4 rings (SSSR count). The van der Waals surface area contributed by atoms with E-state index in [0.717, 1.165) is 24.5 Å². The maximum atomic E-state index is 12.6. The molecule has 0 aliphatic carbocycles. The Kier molecular flexibility index (Phi) is 8.07. The fourth-order valence-corrected chi connectivity index (χ4v) is 4.09. The number of nitrogens with one attached hydrogen (secondary N) is 3. The Morgan fingerprint density at radius 3 is 2.40 bits per heavy atom. The Balaban J connectivity index is 1.34. The number of hydrogen-bond acceptors (Lipinski definition) is 6. The fraction of sp³-hybridized carbons (Fsp3) is 0.231. The summed E-state index contributed by atoms with van der Waals surface area (Å²) in [5.41, 5.74) is 3.29. The molecule has 0 bridgehead atoms. The number of ether oxygens (including phenoxy) is 2. The van der Waals surface area contributed by atoms with Crippen LogP contribution in [0.4, 0.5) is 22.7 Å². The van der Waals surface area contributed by atoms with E-state index in [2.05, 4.69) is 20.9 Å². The van der Waals surface area contributed by atoms with Crippen molar-refractivity contribution in [1.29, 1.82) is 0 Å². The molecule has 0 spiro atoms. The van der Waals surface area contributed by atoms with Gasteiger partial charge in [0, 0.05) is 24.3 Å². The van der Waals surface area contributed by atoms with Gasteiger partial charge in [-0.15, -0.1) is 0 Å². The summed E-state index contributed by atoms with van der Waals surface area (Å²) in [6, 6.07) is 19.5. The van der Waals surface area contributed by atoms with Gasteiger partial charge >= 0.3 is 0 Å². The third kappa shape index (κ3) is 6.23. The minimum Gasteiger partial charge on any atom is -0.495 e. The molecule has 2 amide bonds. The molecule has 0 aromatic heterocycles. The molecule has 1 fully saturated rings. The lowest BCUT2D eigenvalue weighted by molar-refractivity contribution is -0.114. The van der Waals surface area contributed by atoms with Gasteiger partial charge in [0.2, 0.25) is 5.91 Å². The average Bonchev–Trinajstić information content (AvgIpc) is 2.88. The van der Waals surface area contributed by atoms with Crippen LogP contribution in [-0.4, -0.2) is 51.8 Å². The summed E-state index contributed by atoms with van der Waals surface area (Å²) >= 11 is 6.45. The molecule has 1 heterocycles. The molecule has 0 atom stereocenters. The van der Waals surface area contributed by atoms with Gasteiger partial charge in [-0.2, -0.15) is 0 Å². The van der Waals surface area contributed by atoms with Gasteiger partial charge in [-0.05, 0) is 48.5 Å². The van der Waals surface area contributed by atoms with Gasteiger partial charge in [0.15, 0.2) is 0 Å². The molecule has 182 valence electrons. The van der Waals surface area contributed by atoms with Crippen LogP contribution in [-0.2, 0) is 9.53 Å². The van der Waals surface area contributed by atoms with Crippen molar-refractivity contribution in [3.05, 3.63) is 77.3 Å². The van der Waals surface area contributed by atoms with Crippen LogP contribution < -0.4 is 25.6 Å². The van der Waals surface area contributed by atoms with Crippen molar-refractivity contribution in [3.8, 4) is 5.75 Å². The topological polar surface area (TPSA) is 91.9 Å². The summed E-state index contributed by atoms with van der Waals surface area (Å²) in [6.07, 6.45) is 0. The zero-order valence-corrected chi connectivity index (χ0v) is 20.1. The highest BCUT2D eigenvalue weighted by atomic mass is 35.5. The summed E-state index contributed by atoms with van der Waals surface area (Å²) in [4.78, 5) is 27.3. The number of morpholine rings is 1. The second-order valence-corrected chi connectivity index (χ2v) is 8.28. The maximum absolute atomic E-state index is 12.6. The summed E-state index contributed by atoms with van der Waals surface area (Å²) in [5, 5.41) is 9.48. The van der Waals surface area contributed by atoms with Gasteiger partial charge in [-0.25, -0.2) is 0 Å². The molecule has 0 radical (unpaired) electrons. The molecular weight excluding hydrogens is 468 g/mol. The van der Waals surface area contributed by atoms with E-state index in [0.29, 0.717) is 40.9 Å². The summed E-state index contributed by atoms with van der Waals surface area (Å²) < 4.78 is 10.7. The predicted molar refractivity (Wildman–Crippen MR) is 139 cm³/mol. The molecule has 1 saturated heterocycles. The zero-order valence-electron chi connectivity index (χ0n) is 19.3. The number of halogens is 1. The van der Waals surface area contributed by atoms with Crippen molar-refractivity contribution in [2.45, 2.75) is 0 Å². The van der Waals surface area contributed by atoms with E-state index in [1.807, 2.05) is 30.3 Å². The molecule has 35 heavy (non-hydrogen) atoms. The van der Waals surface area contributed by atoms with Crippen LogP contribution in [0.2, 0.25) is 5.02 Å². The number of nitrogens with zero attached hydrogens (tertiary/aromatic N) is 1. The number of anilines is 4. The fourth-order valence-electron chi connectivity index (χ4n) is 3.79. The van der Waals surface area contributed by atoms with Crippen molar-refractivity contribution < 1.29 is 19.1 Å². The highest BCUT2D eigenvalue weighted by Crippen LogP contribution is 2.34. The van der Waals surface area contributed by atoms with Gasteiger partial charge in [0.05, 0.1) is 49.0 Å². The Hall–Kier alpha value is -3.75. The first-order valence-electron chi connectivity index (χ1n) is 11.2. The second kappa shape index (κ2) is 11.6. The number of hydrogen-bond donors (Lipinski definition) is 3. The highest BCUT2D eigenvalue weighted by molar-refractivity contribution is 6.34. The summed E-state index contributed by atoms with van der Waals surface area (Å²) in [7, 11) is 1.55. The number of para-hydroxylation sites is 3. The van der Waals surface area contributed by atoms with Gasteiger partial charge in [-0.3, -0.25) is 9.59 Å². The first-order valence-corrected chi connectivity index (χ1v) is 11.6. The normalized spacial score (nSPS) is 13.1. The van der Waals surface area contributed by atoms with Gasteiger partial charge in [0.25, 0.3) is 5.91 Å². The van der Waals surface area contributed by atoms with Crippen LogP contribution in [0.1, 0.15) is 10.4 Å². The van der Waals surface area contributed by atoms with Crippen molar-refractivity contribution in [1.82, 2.24) is 0 Å². The van der Waals surface area contributed by atoms with E-state index in [1.54, 1.807) is 43.5 Å². The quantitative estimate of drug-likeness (QED) is 0.427. The monoisotopic (exact) mass is 494 g/mol. The minimum atomic E-state index is -0.273. The lowest BCUT2D eigenvalue weighted by Crippen LogP contribution is -2.37. The van der Waals surface area contributed by atoms with Crippen LogP contribution in [0, 0.1) is 0 Å². The standard InChI is InChI=1S/C26H27ClN4O4/c1-34-23-8-3-2-6-21(23)30-26(33)18-9-11-19(12-10-18)29-24(32)17-28-22-7-4-5-20(27)25(22)31-13-15-35-16-14-31/h2-12,28H,13-17H2,1H3,(H,29,32)(H,30,33). The maximum Gasteiger partial charge on any atom is 0.255 e. The SMILES string of the molecule is COc1ccccc1NC(=O)c1ccc(NC(=O)CNc2cccc(Cl)c2N2CCOCC2)cc1. The predicted octanol–water partition coefficient (Wildman–Crippen LogP) is 4.49. The van der Waals surface area contributed by atoms with Gasteiger partial charge in [-0.1, -0.05) is 29.8 Å². The van der Waals surface area contributed by atoms with Crippen molar-refractivity contribution in [2.24, 2.45) is 0 Å². The van der Waals surface area contributed by atoms with Crippen LogP contribution in [0.15, 0.2) is 66.7 Å². The van der Waals surface area contributed by atoms with Gasteiger partial charge < -0.3 is 30.3 Å². The summed E-state index contributed by atoms with van der Waals surface area (Å²) in [6.45, 7) is 2.81. The smallest absolute Gasteiger partial charge is 0.255 e. The van der Waals surface area contributed by atoms with E-state index in [9.17, 15) is 9.59 Å². The number of benzene rings is 3. The molecule has 0 saturated carbocycles. The van der Waals surface area contributed by atoms with Crippen molar-refractivity contribution in [2.75, 3.05) is 60.8 Å². The molecular formula is C26H27ClN4O4. The Bertz CT molecular complexity index is 1180. The van der Waals surface area contributed by atoms with E-state index in [-0.39, 0.29) is 18.4 Å². The number of rotatable bonds is 8. The van der Waals surface area contributed by atoms with Crippen molar-refractivity contribution >= 4 is 46.2 Å². The first-order chi connectivity index (χ1) is 17.0. The van der Waals surface area contributed by atoms with E-state index in [1.165, 1.54) is 0 Å². The number of amides is 2. The molecule has 3 N–H and O–H groups in total. The molecule has 3 aromatic rings. The van der Waals surface area contributed by atoms with Crippen LogP contribution >= 0.6 is 11.6 Å². The van der Waals surface area contributed by atoms with Crippen LogP contribution in [0.5, 0.6) is 5.75 Å². The Labute approximate surface area is 209 Å². The Morgan fingerprint density at radius 2 is 1.66 bits per heavy atom. The lowest BCUT2D eigenvalue weighted by atomic mass is 10.2. The Morgan fingerprint density at radius 1 is 0.943 bits per heavy atom. The molecule has 0 unspecified atom stereocenters. The highest BCUT2D eigenvalue weighted by Gasteiger charge is 2.18. The number of carbonyl (C=O) groups excluding carboxylic acids is 2. The molecule has 3 aromatic carbocycles. The molecule has 1 aliphatic rings. The average molecular weight is 495 g/mol. The zero-order chi connectivity index (χ0) is 24.6. The third-order valence-electron chi connectivity index (χ3n) is 5.54. The van der Waals surface area contributed by atoms with Crippen LogP contribution in [0.25, 0.3) is 0 Å². The lowest BCUT2D eigenvalue weighted by Gasteiger charge is -2.31. The molecule has 9 heteroatoms. The van der Waals surface area contributed by atoms with E-state index < -0.39 is 0 Å². The third-order valence-corrected chi connectivity index (χ3v) is 5.84. The van der Waals surface area contributed by atoms with Crippen molar-refractivity contribution in [3.63, 3.8) is 0 Å². The largest absolute Gasteiger partial charge is 0.495 e. The molecule has 8 nitrogen and oxygen atoms in total. The van der Waals surface area contributed by atoms with E-state index >= 15 is 0 Å². The van der Waals surface area contributed by atoms with Gasteiger partial charge in [0.1, 0.15) is 5.75 Å². The first kappa shape index (κ1) is 24.4. The second-order valence-electron chi connectivity index (χ2n) is 7.87. The molecule has 1 aliphatic heterocycles. The minimum absolute atomic E-state index is 0.0632.